The fraction of sp³-hybridized carbons (Fsp3) is 0.217. The summed E-state index contributed by atoms with van der Waals surface area (Å²) in [6.07, 6.45) is 1.62. The molecule has 162 valence electrons. The zero-order valence-corrected chi connectivity index (χ0v) is 19.5. The van der Waals surface area contributed by atoms with Crippen LogP contribution in [-0.2, 0) is 12.3 Å². The fourth-order valence-corrected chi connectivity index (χ4v) is 5.64. The Hall–Kier alpha value is -3.17. The summed E-state index contributed by atoms with van der Waals surface area (Å²) >= 11 is 3.04. The largest absolute Gasteiger partial charge is 0.461 e. The van der Waals surface area contributed by atoms with Crippen molar-refractivity contribution in [3.8, 4) is 22.7 Å². The summed E-state index contributed by atoms with van der Waals surface area (Å²) < 4.78 is 7.46. The molecular formula is C23H21N5O2S2. The Morgan fingerprint density at radius 2 is 1.97 bits per heavy atom. The number of aromatic amines is 1. The highest BCUT2D eigenvalue weighted by Gasteiger charge is 2.18. The summed E-state index contributed by atoms with van der Waals surface area (Å²) in [7, 11) is 0. The van der Waals surface area contributed by atoms with Gasteiger partial charge in [-0.05, 0) is 38.5 Å². The predicted octanol–water partition coefficient (Wildman–Crippen LogP) is 5.43. The lowest BCUT2D eigenvalue weighted by atomic mass is 10.0. The van der Waals surface area contributed by atoms with Gasteiger partial charge in [-0.1, -0.05) is 41.6 Å². The van der Waals surface area contributed by atoms with Crippen molar-refractivity contribution in [1.29, 1.82) is 0 Å². The monoisotopic (exact) mass is 463 g/mol. The highest BCUT2D eigenvalue weighted by molar-refractivity contribution is 7.98. The lowest BCUT2D eigenvalue weighted by Crippen LogP contribution is -2.11. The summed E-state index contributed by atoms with van der Waals surface area (Å²) in [5, 5.41) is 9.99. The quantitative estimate of drug-likeness (QED) is 0.338. The molecule has 5 rings (SSSR count). The number of thioether (sulfide) groups is 1. The van der Waals surface area contributed by atoms with E-state index in [4.69, 9.17) is 9.40 Å². The molecule has 0 unspecified atom stereocenters. The first-order valence-corrected chi connectivity index (χ1v) is 12.0. The summed E-state index contributed by atoms with van der Waals surface area (Å²) in [5.74, 6) is 2.47. The molecule has 0 aliphatic heterocycles. The van der Waals surface area contributed by atoms with Gasteiger partial charge in [0.25, 0.3) is 5.56 Å². The standard InChI is InChI=1S/C23H21N5O2S2/c1-4-28-20(16-6-5-11-30-16)26-27-23(28)31-12-17-24-21(29)19-18(14(3)32-22(19)25-17)15-9-7-13(2)8-10-15/h5-11H,4,12H2,1-3H3,(H,24,25,29). The number of thiophene rings is 1. The van der Waals surface area contributed by atoms with Gasteiger partial charge in [0.15, 0.2) is 16.7 Å². The average molecular weight is 464 g/mol. The number of rotatable bonds is 6. The third-order valence-corrected chi connectivity index (χ3v) is 7.22. The Kier molecular flexibility index (Phi) is 5.44. The van der Waals surface area contributed by atoms with E-state index in [1.54, 1.807) is 17.6 Å². The highest BCUT2D eigenvalue weighted by atomic mass is 32.2. The van der Waals surface area contributed by atoms with E-state index in [1.165, 1.54) is 17.3 Å². The van der Waals surface area contributed by atoms with E-state index in [1.807, 2.05) is 30.5 Å². The second kappa shape index (κ2) is 8.40. The maximum Gasteiger partial charge on any atom is 0.260 e. The zero-order valence-electron chi connectivity index (χ0n) is 17.9. The van der Waals surface area contributed by atoms with Gasteiger partial charge in [-0.15, -0.1) is 21.5 Å². The first kappa shape index (κ1) is 20.7. The van der Waals surface area contributed by atoms with Gasteiger partial charge >= 0.3 is 0 Å². The third kappa shape index (κ3) is 3.67. The van der Waals surface area contributed by atoms with Crippen LogP contribution < -0.4 is 5.56 Å². The van der Waals surface area contributed by atoms with E-state index in [-0.39, 0.29) is 5.56 Å². The van der Waals surface area contributed by atoms with Crippen LogP contribution in [0.1, 0.15) is 23.2 Å². The maximum atomic E-state index is 13.0. The van der Waals surface area contributed by atoms with E-state index in [0.29, 0.717) is 35.1 Å². The summed E-state index contributed by atoms with van der Waals surface area (Å²) in [6.45, 7) is 6.83. The van der Waals surface area contributed by atoms with Crippen LogP contribution in [0.2, 0.25) is 0 Å². The van der Waals surface area contributed by atoms with Gasteiger partial charge in [-0.3, -0.25) is 9.36 Å². The van der Waals surface area contributed by atoms with Gasteiger partial charge in [-0.2, -0.15) is 0 Å². The molecule has 0 atom stereocenters. The first-order valence-electron chi connectivity index (χ1n) is 10.2. The Balaban J connectivity index is 1.45. The second-order valence-corrected chi connectivity index (χ2v) is 9.55. The van der Waals surface area contributed by atoms with Crippen molar-refractivity contribution in [2.24, 2.45) is 0 Å². The molecule has 9 heteroatoms. The van der Waals surface area contributed by atoms with E-state index < -0.39 is 0 Å². The average Bonchev–Trinajstić information content (AvgIpc) is 3.51. The normalized spacial score (nSPS) is 11.5. The minimum atomic E-state index is -0.112. The van der Waals surface area contributed by atoms with Gasteiger partial charge in [0.05, 0.1) is 17.4 Å². The van der Waals surface area contributed by atoms with Crippen LogP contribution in [-0.4, -0.2) is 24.7 Å². The Morgan fingerprint density at radius 3 is 2.69 bits per heavy atom. The van der Waals surface area contributed by atoms with Gasteiger partial charge < -0.3 is 9.40 Å². The Bertz CT molecular complexity index is 1450. The summed E-state index contributed by atoms with van der Waals surface area (Å²) in [6, 6.07) is 11.9. The molecule has 32 heavy (non-hydrogen) atoms. The van der Waals surface area contributed by atoms with Gasteiger partial charge in [-0.25, -0.2) is 4.98 Å². The number of furan rings is 1. The fourth-order valence-electron chi connectivity index (χ4n) is 3.70. The van der Waals surface area contributed by atoms with E-state index >= 15 is 0 Å². The van der Waals surface area contributed by atoms with Crippen LogP contribution in [0.25, 0.3) is 32.9 Å². The smallest absolute Gasteiger partial charge is 0.260 e. The van der Waals surface area contributed by atoms with Crippen LogP contribution in [0.4, 0.5) is 0 Å². The molecule has 0 fully saturated rings. The number of H-pyrrole nitrogens is 1. The molecule has 0 bridgehead atoms. The zero-order chi connectivity index (χ0) is 22.2. The second-order valence-electron chi connectivity index (χ2n) is 7.41. The molecule has 1 aromatic carbocycles. The predicted molar refractivity (Wildman–Crippen MR) is 128 cm³/mol. The van der Waals surface area contributed by atoms with Crippen LogP contribution in [0.15, 0.2) is 57.0 Å². The molecule has 4 heterocycles. The molecule has 5 aromatic rings. The van der Waals surface area contributed by atoms with E-state index in [0.717, 1.165) is 26.0 Å². The third-order valence-electron chi connectivity index (χ3n) is 5.24. The molecule has 4 aromatic heterocycles. The van der Waals surface area contributed by atoms with Crippen LogP contribution in [0, 0.1) is 13.8 Å². The molecule has 0 aliphatic carbocycles. The number of fused-ring (bicyclic) bond motifs is 1. The lowest BCUT2D eigenvalue weighted by Gasteiger charge is -2.06. The molecule has 0 radical (unpaired) electrons. The van der Waals surface area contributed by atoms with Crippen molar-refractivity contribution in [2.75, 3.05) is 0 Å². The van der Waals surface area contributed by atoms with E-state index in [9.17, 15) is 4.79 Å². The van der Waals surface area contributed by atoms with Crippen molar-refractivity contribution in [3.63, 3.8) is 0 Å². The molecule has 0 spiro atoms. The van der Waals surface area contributed by atoms with Crippen LogP contribution in [0.3, 0.4) is 0 Å². The van der Waals surface area contributed by atoms with Gasteiger partial charge in [0, 0.05) is 17.0 Å². The maximum absolute atomic E-state index is 13.0. The molecule has 0 saturated heterocycles. The number of benzene rings is 1. The summed E-state index contributed by atoms with van der Waals surface area (Å²) in [4.78, 5) is 22.6. The highest BCUT2D eigenvalue weighted by Crippen LogP contribution is 2.36. The molecule has 0 saturated carbocycles. The Labute approximate surface area is 192 Å². The topological polar surface area (TPSA) is 89.6 Å². The molecule has 0 amide bonds. The first-order chi connectivity index (χ1) is 15.5. The van der Waals surface area contributed by atoms with Crippen LogP contribution in [0.5, 0.6) is 0 Å². The number of nitrogens with zero attached hydrogens (tertiary/aromatic N) is 4. The van der Waals surface area contributed by atoms with Crippen LogP contribution >= 0.6 is 23.1 Å². The number of hydrogen-bond acceptors (Lipinski definition) is 7. The minimum Gasteiger partial charge on any atom is -0.461 e. The molecule has 1 N–H and O–H groups in total. The number of aromatic nitrogens is 5. The number of aryl methyl sites for hydroxylation is 2. The number of nitrogens with one attached hydrogen (secondary N) is 1. The molecule has 0 aliphatic rings. The Morgan fingerprint density at radius 1 is 1.16 bits per heavy atom. The molecular weight excluding hydrogens is 442 g/mol. The van der Waals surface area contributed by atoms with Crippen molar-refractivity contribution < 1.29 is 4.42 Å². The number of hydrogen-bond donors (Lipinski definition) is 1. The minimum absolute atomic E-state index is 0.112. The lowest BCUT2D eigenvalue weighted by molar-refractivity contribution is 0.567. The van der Waals surface area contributed by atoms with Gasteiger partial charge in [0.1, 0.15) is 10.7 Å². The summed E-state index contributed by atoms with van der Waals surface area (Å²) in [5.41, 5.74) is 3.08. The van der Waals surface area contributed by atoms with E-state index in [2.05, 4.69) is 46.4 Å². The van der Waals surface area contributed by atoms with Crippen molar-refractivity contribution >= 4 is 33.3 Å². The van der Waals surface area contributed by atoms with Gasteiger partial charge in [0.2, 0.25) is 0 Å². The van der Waals surface area contributed by atoms with Crippen molar-refractivity contribution in [1.82, 2.24) is 24.7 Å². The van der Waals surface area contributed by atoms with Crippen molar-refractivity contribution in [2.45, 2.75) is 38.2 Å². The SMILES string of the molecule is CCn1c(SCc2nc3sc(C)c(-c4ccc(C)cc4)c3c(=O)[nH]2)nnc1-c1ccco1. The van der Waals surface area contributed by atoms with Crippen molar-refractivity contribution in [3.05, 3.63) is 69.3 Å². The molecule has 7 nitrogen and oxygen atoms in total.